The third-order valence-electron chi connectivity index (χ3n) is 4.87. The van der Waals surface area contributed by atoms with Crippen molar-refractivity contribution in [3.05, 3.63) is 58.9 Å². The van der Waals surface area contributed by atoms with Crippen molar-refractivity contribution in [3.63, 3.8) is 0 Å². The summed E-state index contributed by atoms with van der Waals surface area (Å²) in [5, 5.41) is 3.97. The molecule has 0 unspecified atom stereocenters. The number of ether oxygens (including phenoxy) is 1. The maximum atomic E-state index is 13.4. The molecule has 0 radical (unpaired) electrons. The molecule has 1 atom stereocenters. The minimum absolute atomic E-state index is 0.0727. The summed E-state index contributed by atoms with van der Waals surface area (Å²) in [7, 11) is 0. The number of nitrogens with zero attached hydrogens (tertiary/aromatic N) is 2. The average Bonchev–Trinajstić information content (AvgIpc) is 2.73. The molecule has 0 fully saturated rings. The van der Waals surface area contributed by atoms with Crippen LogP contribution in [0, 0.1) is 5.92 Å². The molecule has 1 heterocycles. The maximum absolute atomic E-state index is 13.4. The van der Waals surface area contributed by atoms with Gasteiger partial charge in [0.05, 0.1) is 29.0 Å². The predicted molar refractivity (Wildman–Crippen MR) is 122 cm³/mol. The third kappa shape index (κ3) is 4.84. The molecule has 158 valence electrons. The Hall–Kier alpha value is -2.80. The van der Waals surface area contributed by atoms with Crippen LogP contribution >= 0.6 is 11.8 Å². The molecule has 0 aliphatic carbocycles. The first-order valence-corrected chi connectivity index (χ1v) is 11.1. The lowest BCUT2D eigenvalue weighted by Crippen LogP contribution is -2.37. The number of thioether (sulfide) groups is 1. The zero-order valence-electron chi connectivity index (χ0n) is 17.7. The number of nitrogens with one attached hydrogen (secondary N) is 1. The summed E-state index contributed by atoms with van der Waals surface area (Å²) in [6.07, 6.45) is 0. The van der Waals surface area contributed by atoms with Gasteiger partial charge in [0.25, 0.3) is 5.56 Å². The summed E-state index contributed by atoms with van der Waals surface area (Å²) >= 11 is 1.24. The number of amides is 1. The molecular weight excluding hydrogens is 398 g/mol. The van der Waals surface area contributed by atoms with Gasteiger partial charge in [0.2, 0.25) is 5.91 Å². The Morgan fingerprint density at radius 1 is 1.13 bits per heavy atom. The number of hydrogen-bond acceptors (Lipinski definition) is 5. The molecule has 0 saturated heterocycles. The molecule has 1 amide bonds. The van der Waals surface area contributed by atoms with Gasteiger partial charge < -0.3 is 10.1 Å². The summed E-state index contributed by atoms with van der Waals surface area (Å²) in [6, 6.07) is 14.7. The molecule has 3 aromatic rings. The van der Waals surface area contributed by atoms with Gasteiger partial charge in [0, 0.05) is 6.04 Å². The normalized spacial score (nSPS) is 12.2. The fraction of sp³-hybridized carbons (Fsp3) is 0.348. The van der Waals surface area contributed by atoms with Crippen molar-refractivity contribution in [1.29, 1.82) is 0 Å². The highest BCUT2D eigenvalue weighted by Crippen LogP contribution is 2.27. The predicted octanol–water partition coefficient (Wildman–Crippen LogP) is 4.04. The largest absolute Gasteiger partial charge is 0.492 e. The van der Waals surface area contributed by atoms with Crippen molar-refractivity contribution in [2.45, 2.75) is 38.9 Å². The third-order valence-corrected chi connectivity index (χ3v) is 5.81. The number of benzene rings is 2. The molecular formula is C23H27N3O3S. The molecule has 0 saturated carbocycles. The second kappa shape index (κ2) is 9.80. The molecule has 7 heteroatoms. The average molecular weight is 426 g/mol. The van der Waals surface area contributed by atoms with Crippen LogP contribution in [-0.2, 0) is 4.79 Å². The van der Waals surface area contributed by atoms with Gasteiger partial charge in [-0.25, -0.2) is 4.98 Å². The summed E-state index contributed by atoms with van der Waals surface area (Å²) in [5.74, 6) is 1.01. The standard InChI is InChI=1S/C23H27N3O3S/c1-5-29-20-13-9-8-12-19(20)26-22(28)17-10-6-7-11-18(17)25-23(26)30-14-21(27)24-16(4)15(2)3/h6-13,15-16H,5,14H2,1-4H3,(H,24,27)/t16-/m0/s1. The second-order valence-corrected chi connectivity index (χ2v) is 8.28. The number of aromatic nitrogens is 2. The molecule has 1 N–H and O–H groups in total. The summed E-state index contributed by atoms with van der Waals surface area (Å²) in [6.45, 7) is 8.48. The van der Waals surface area contributed by atoms with Crippen molar-refractivity contribution in [2.24, 2.45) is 5.92 Å². The van der Waals surface area contributed by atoms with E-state index in [0.29, 0.717) is 40.0 Å². The van der Waals surface area contributed by atoms with Gasteiger partial charge in [0.1, 0.15) is 5.75 Å². The van der Waals surface area contributed by atoms with E-state index in [9.17, 15) is 9.59 Å². The van der Waals surface area contributed by atoms with E-state index in [1.165, 1.54) is 16.3 Å². The quantitative estimate of drug-likeness (QED) is 0.436. The molecule has 6 nitrogen and oxygen atoms in total. The lowest BCUT2D eigenvalue weighted by molar-refractivity contribution is -0.119. The zero-order chi connectivity index (χ0) is 21.7. The monoisotopic (exact) mass is 425 g/mol. The van der Waals surface area contributed by atoms with Crippen LogP contribution in [0.3, 0.4) is 0 Å². The Labute approximate surface area is 180 Å². The van der Waals surface area contributed by atoms with Crippen LogP contribution in [0.2, 0.25) is 0 Å². The number of hydrogen-bond donors (Lipinski definition) is 1. The van der Waals surface area contributed by atoms with E-state index in [4.69, 9.17) is 9.72 Å². The fourth-order valence-electron chi connectivity index (χ4n) is 2.93. The van der Waals surface area contributed by atoms with Gasteiger partial charge in [-0.15, -0.1) is 0 Å². The van der Waals surface area contributed by atoms with E-state index in [1.807, 2.05) is 50.2 Å². The van der Waals surface area contributed by atoms with Gasteiger partial charge in [-0.3, -0.25) is 14.2 Å². The van der Waals surface area contributed by atoms with Gasteiger partial charge in [-0.1, -0.05) is 49.9 Å². The lowest BCUT2D eigenvalue weighted by Gasteiger charge is -2.18. The van der Waals surface area contributed by atoms with Crippen molar-refractivity contribution in [1.82, 2.24) is 14.9 Å². The highest BCUT2D eigenvalue weighted by molar-refractivity contribution is 7.99. The number of carbonyl (C=O) groups is 1. The van der Waals surface area contributed by atoms with Crippen LogP contribution in [0.1, 0.15) is 27.7 Å². The van der Waals surface area contributed by atoms with Crippen molar-refractivity contribution in [2.75, 3.05) is 12.4 Å². The molecule has 0 spiro atoms. The molecule has 3 rings (SSSR count). The van der Waals surface area contributed by atoms with Crippen molar-refractivity contribution in [3.8, 4) is 11.4 Å². The van der Waals surface area contributed by atoms with Crippen molar-refractivity contribution >= 4 is 28.6 Å². The van der Waals surface area contributed by atoms with Crippen LogP contribution in [0.4, 0.5) is 0 Å². The highest BCUT2D eigenvalue weighted by atomic mass is 32.2. The number of para-hydroxylation sites is 3. The van der Waals surface area contributed by atoms with Gasteiger partial charge >= 0.3 is 0 Å². The van der Waals surface area contributed by atoms with Gasteiger partial charge in [-0.2, -0.15) is 0 Å². The van der Waals surface area contributed by atoms with E-state index >= 15 is 0 Å². The Morgan fingerprint density at radius 3 is 2.57 bits per heavy atom. The van der Waals surface area contributed by atoms with Crippen LogP contribution in [-0.4, -0.2) is 33.9 Å². The van der Waals surface area contributed by atoms with Gasteiger partial charge in [-0.05, 0) is 44.0 Å². The topological polar surface area (TPSA) is 73.2 Å². The number of fused-ring (bicyclic) bond motifs is 1. The van der Waals surface area contributed by atoms with E-state index < -0.39 is 0 Å². The molecule has 30 heavy (non-hydrogen) atoms. The second-order valence-electron chi connectivity index (χ2n) is 7.34. The molecule has 0 aliphatic rings. The SMILES string of the molecule is CCOc1ccccc1-n1c(SCC(=O)N[C@@H](C)C(C)C)nc2ccccc2c1=O. The molecule has 0 bridgehead atoms. The van der Waals surface area contributed by atoms with E-state index in [2.05, 4.69) is 19.2 Å². The lowest BCUT2D eigenvalue weighted by atomic mass is 10.1. The summed E-state index contributed by atoms with van der Waals surface area (Å²) in [5.41, 5.74) is 1.03. The molecule has 2 aromatic carbocycles. The summed E-state index contributed by atoms with van der Waals surface area (Å²) < 4.78 is 7.28. The maximum Gasteiger partial charge on any atom is 0.266 e. The highest BCUT2D eigenvalue weighted by Gasteiger charge is 2.18. The fourth-order valence-corrected chi connectivity index (χ4v) is 3.75. The first-order valence-electron chi connectivity index (χ1n) is 10.1. The minimum Gasteiger partial charge on any atom is -0.492 e. The van der Waals surface area contributed by atoms with E-state index in [0.717, 1.165) is 0 Å². The van der Waals surface area contributed by atoms with Crippen LogP contribution in [0.15, 0.2) is 58.5 Å². The Bertz CT molecular complexity index is 1090. The van der Waals surface area contributed by atoms with Crippen LogP contribution < -0.4 is 15.6 Å². The number of carbonyl (C=O) groups excluding carboxylic acids is 1. The first-order chi connectivity index (χ1) is 14.4. The Kier molecular flexibility index (Phi) is 7.15. The van der Waals surface area contributed by atoms with E-state index in [-0.39, 0.29) is 23.3 Å². The van der Waals surface area contributed by atoms with Crippen LogP contribution in [0.25, 0.3) is 16.6 Å². The van der Waals surface area contributed by atoms with Gasteiger partial charge in [0.15, 0.2) is 5.16 Å². The summed E-state index contributed by atoms with van der Waals surface area (Å²) in [4.78, 5) is 30.5. The zero-order valence-corrected chi connectivity index (χ0v) is 18.5. The molecule has 1 aromatic heterocycles. The van der Waals surface area contributed by atoms with Crippen molar-refractivity contribution < 1.29 is 9.53 Å². The Morgan fingerprint density at radius 2 is 1.83 bits per heavy atom. The van der Waals surface area contributed by atoms with E-state index in [1.54, 1.807) is 12.1 Å². The number of rotatable bonds is 8. The Balaban J connectivity index is 2.04. The smallest absolute Gasteiger partial charge is 0.266 e. The first kappa shape index (κ1) is 21.9. The minimum atomic E-state index is -0.189. The van der Waals surface area contributed by atoms with Crippen LogP contribution in [0.5, 0.6) is 5.75 Å². The molecule has 0 aliphatic heterocycles.